The Kier molecular flexibility index (Phi) is 3.12. The molecule has 1 aliphatic heterocycles. The summed E-state index contributed by atoms with van der Waals surface area (Å²) in [4.78, 5) is 8.53. The van der Waals surface area contributed by atoms with Gasteiger partial charge >= 0.3 is 0 Å². The van der Waals surface area contributed by atoms with Gasteiger partial charge in [0, 0.05) is 37.1 Å². The van der Waals surface area contributed by atoms with E-state index in [1.807, 2.05) is 35.0 Å². The van der Waals surface area contributed by atoms with Crippen molar-refractivity contribution in [1.82, 2.24) is 19.6 Å². The summed E-state index contributed by atoms with van der Waals surface area (Å²) in [5, 5.41) is 4.77. The van der Waals surface area contributed by atoms with Crippen LogP contribution in [0.25, 0.3) is 16.9 Å². The van der Waals surface area contributed by atoms with Crippen LogP contribution in [0.15, 0.2) is 42.9 Å². The molecule has 0 aromatic carbocycles. The highest BCUT2D eigenvalue weighted by atomic mass is 16.5. The first-order chi connectivity index (χ1) is 10.4. The zero-order chi connectivity index (χ0) is 14.1. The number of rotatable bonds is 2. The maximum absolute atomic E-state index is 5.45. The minimum atomic E-state index is 0.481. The number of fused-ring (bicyclic) bond motifs is 1. The van der Waals surface area contributed by atoms with Gasteiger partial charge in [-0.25, -0.2) is 9.50 Å². The number of imidazole rings is 1. The van der Waals surface area contributed by atoms with Crippen LogP contribution in [-0.4, -0.2) is 32.8 Å². The molecule has 0 unspecified atom stereocenters. The van der Waals surface area contributed by atoms with Crippen LogP contribution in [0.1, 0.15) is 24.5 Å². The molecule has 4 heterocycles. The van der Waals surface area contributed by atoms with Gasteiger partial charge in [-0.2, -0.15) is 5.10 Å². The fourth-order valence-corrected chi connectivity index (χ4v) is 2.84. The van der Waals surface area contributed by atoms with Crippen LogP contribution < -0.4 is 0 Å². The molecule has 0 aliphatic carbocycles. The Labute approximate surface area is 122 Å². The van der Waals surface area contributed by atoms with Gasteiger partial charge in [-0.1, -0.05) is 0 Å². The SMILES string of the molecule is c1cc(-c2ccc3ncc(C4CCOCC4)n3n2)ccn1. The predicted molar refractivity (Wildman–Crippen MR) is 79.0 cm³/mol. The number of hydrogen-bond donors (Lipinski definition) is 0. The Morgan fingerprint density at radius 3 is 2.67 bits per heavy atom. The molecular formula is C16H16N4O. The maximum atomic E-state index is 5.45. The Morgan fingerprint density at radius 2 is 1.86 bits per heavy atom. The van der Waals surface area contributed by atoms with Crippen LogP contribution in [0.3, 0.4) is 0 Å². The Morgan fingerprint density at radius 1 is 1.05 bits per heavy atom. The average molecular weight is 280 g/mol. The highest BCUT2D eigenvalue weighted by Crippen LogP contribution is 2.27. The van der Waals surface area contributed by atoms with Crippen molar-refractivity contribution in [3.8, 4) is 11.3 Å². The second-order valence-electron chi connectivity index (χ2n) is 5.29. The fraction of sp³-hybridized carbons (Fsp3) is 0.312. The molecule has 1 saturated heterocycles. The van der Waals surface area contributed by atoms with Crippen LogP contribution in [0.4, 0.5) is 0 Å². The summed E-state index contributed by atoms with van der Waals surface area (Å²) in [6.07, 6.45) is 7.60. The second-order valence-corrected chi connectivity index (χ2v) is 5.29. The minimum absolute atomic E-state index is 0.481. The van der Waals surface area contributed by atoms with E-state index in [0.717, 1.165) is 43.0 Å². The molecule has 0 saturated carbocycles. The molecule has 4 rings (SSSR count). The molecule has 0 N–H and O–H groups in total. The first kappa shape index (κ1) is 12.5. The zero-order valence-electron chi connectivity index (χ0n) is 11.6. The molecule has 1 aliphatic rings. The van der Waals surface area contributed by atoms with Gasteiger partial charge in [0.2, 0.25) is 0 Å². The van der Waals surface area contributed by atoms with E-state index in [0.29, 0.717) is 5.92 Å². The van der Waals surface area contributed by atoms with E-state index < -0.39 is 0 Å². The monoisotopic (exact) mass is 280 g/mol. The van der Waals surface area contributed by atoms with Crippen LogP contribution in [-0.2, 0) is 4.74 Å². The van der Waals surface area contributed by atoms with Crippen LogP contribution in [0, 0.1) is 0 Å². The van der Waals surface area contributed by atoms with Crippen LogP contribution in [0.2, 0.25) is 0 Å². The van der Waals surface area contributed by atoms with Crippen molar-refractivity contribution in [2.75, 3.05) is 13.2 Å². The Hall–Kier alpha value is -2.27. The molecular weight excluding hydrogens is 264 g/mol. The zero-order valence-corrected chi connectivity index (χ0v) is 11.6. The first-order valence-electron chi connectivity index (χ1n) is 7.24. The third-order valence-corrected chi connectivity index (χ3v) is 4.00. The smallest absolute Gasteiger partial charge is 0.153 e. The van der Waals surface area contributed by atoms with Gasteiger partial charge in [0.05, 0.1) is 17.6 Å². The third kappa shape index (κ3) is 2.29. The van der Waals surface area contributed by atoms with E-state index in [-0.39, 0.29) is 0 Å². The lowest BCUT2D eigenvalue weighted by Gasteiger charge is -2.21. The largest absolute Gasteiger partial charge is 0.381 e. The quantitative estimate of drug-likeness (QED) is 0.724. The lowest BCUT2D eigenvalue weighted by atomic mass is 9.97. The van der Waals surface area contributed by atoms with E-state index >= 15 is 0 Å². The molecule has 0 amide bonds. The Balaban J connectivity index is 1.79. The fourth-order valence-electron chi connectivity index (χ4n) is 2.84. The summed E-state index contributed by atoms with van der Waals surface area (Å²) < 4.78 is 7.42. The molecule has 21 heavy (non-hydrogen) atoms. The van der Waals surface area contributed by atoms with Crippen LogP contribution in [0.5, 0.6) is 0 Å². The lowest BCUT2D eigenvalue weighted by molar-refractivity contribution is 0.0841. The summed E-state index contributed by atoms with van der Waals surface area (Å²) in [5.74, 6) is 0.481. The third-order valence-electron chi connectivity index (χ3n) is 4.00. The summed E-state index contributed by atoms with van der Waals surface area (Å²) >= 11 is 0. The summed E-state index contributed by atoms with van der Waals surface area (Å²) in [6.45, 7) is 1.64. The van der Waals surface area contributed by atoms with E-state index in [1.54, 1.807) is 12.4 Å². The second kappa shape index (κ2) is 5.26. The first-order valence-corrected chi connectivity index (χ1v) is 7.24. The van der Waals surface area contributed by atoms with Crippen molar-refractivity contribution < 1.29 is 4.74 Å². The summed E-state index contributed by atoms with van der Waals surface area (Å²) in [7, 11) is 0. The van der Waals surface area contributed by atoms with Gasteiger partial charge in [-0.05, 0) is 37.1 Å². The molecule has 3 aromatic heterocycles. The molecule has 0 spiro atoms. The van der Waals surface area contributed by atoms with Gasteiger partial charge in [-0.3, -0.25) is 4.98 Å². The van der Waals surface area contributed by atoms with Crippen LogP contribution >= 0.6 is 0 Å². The van der Waals surface area contributed by atoms with E-state index in [4.69, 9.17) is 9.84 Å². The van der Waals surface area contributed by atoms with Crippen molar-refractivity contribution >= 4 is 5.65 Å². The predicted octanol–water partition coefficient (Wildman–Crippen LogP) is 2.69. The van der Waals surface area contributed by atoms with Gasteiger partial charge in [-0.15, -0.1) is 0 Å². The van der Waals surface area contributed by atoms with Gasteiger partial charge in [0.15, 0.2) is 5.65 Å². The van der Waals surface area contributed by atoms with Crippen molar-refractivity contribution in [3.05, 3.63) is 48.5 Å². The molecule has 5 nitrogen and oxygen atoms in total. The van der Waals surface area contributed by atoms with Crippen molar-refractivity contribution in [2.24, 2.45) is 0 Å². The van der Waals surface area contributed by atoms with Gasteiger partial charge < -0.3 is 4.74 Å². The van der Waals surface area contributed by atoms with Crippen molar-refractivity contribution in [3.63, 3.8) is 0 Å². The molecule has 106 valence electrons. The summed E-state index contributed by atoms with van der Waals surface area (Å²) in [5.41, 5.74) is 4.09. The topological polar surface area (TPSA) is 52.3 Å². The van der Waals surface area contributed by atoms with Gasteiger partial charge in [0.25, 0.3) is 0 Å². The number of ether oxygens (including phenoxy) is 1. The van der Waals surface area contributed by atoms with E-state index in [1.165, 1.54) is 5.69 Å². The molecule has 0 bridgehead atoms. The molecule has 0 atom stereocenters. The highest BCUT2D eigenvalue weighted by molar-refractivity contribution is 5.59. The van der Waals surface area contributed by atoms with Crippen molar-refractivity contribution in [2.45, 2.75) is 18.8 Å². The van der Waals surface area contributed by atoms with Gasteiger partial charge in [0.1, 0.15) is 0 Å². The maximum Gasteiger partial charge on any atom is 0.153 e. The summed E-state index contributed by atoms with van der Waals surface area (Å²) in [6, 6.07) is 7.97. The number of aromatic nitrogens is 4. The number of nitrogens with zero attached hydrogens (tertiary/aromatic N) is 4. The molecule has 1 fully saturated rings. The van der Waals surface area contributed by atoms with E-state index in [2.05, 4.69) is 9.97 Å². The lowest BCUT2D eigenvalue weighted by Crippen LogP contribution is -2.16. The number of hydrogen-bond acceptors (Lipinski definition) is 4. The molecule has 0 radical (unpaired) electrons. The van der Waals surface area contributed by atoms with E-state index in [9.17, 15) is 0 Å². The highest BCUT2D eigenvalue weighted by Gasteiger charge is 2.20. The molecule has 5 heteroatoms. The number of pyridine rings is 1. The standard InChI is InChI=1S/C16H16N4O/c1-2-16-18-11-15(13-5-9-21-10-6-13)20(16)19-14(1)12-3-7-17-8-4-12/h1-4,7-8,11,13H,5-6,9-10H2. The average Bonchev–Trinajstić information content (AvgIpc) is 2.99. The van der Waals surface area contributed by atoms with Crippen molar-refractivity contribution in [1.29, 1.82) is 0 Å². The molecule has 3 aromatic rings. The minimum Gasteiger partial charge on any atom is -0.381 e. The normalized spacial score (nSPS) is 16.4. The Bertz CT molecular complexity index is 747.